The van der Waals surface area contributed by atoms with E-state index < -0.39 is 61.3 Å². The first-order valence-electron chi connectivity index (χ1n) is 22.2. The zero-order chi connectivity index (χ0) is 41.8. The molecular weight excluding hydrogens is 728 g/mol. The molecular formula is C46H78O11. The quantitative estimate of drug-likeness (QED) is 0.0270. The number of hydrogen-bond donors (Lipinski definition) is 4. The highest BCUT2D eigenvalue weighted by Gasteiger charge is 2.47. The zero-order valence-corrected chi connectivity index (χ0v) is 35.3. The van der Waals surface area contributed by atoms with Crippen molar-refractivity contribution in [2.45, 2.75) is 211 Å². The molecule has 0 aromatic rings. The number of aliphatic carboxylic acids is 1. The molecule has 1 fully saturated rings. The van der Waals surface area contributed by atoms with Crippen molar-refractivity contribution in [1.82, 2.24) is 0 Å². The van der Waals surface area contributed by atoms with Crippen LogP contribution in [0.2, 0.25) is 0 Å². The zero-order valence-electron chi connectivity index (χ0n) is 35.3. The Morgan fingerprint density at radius 2 is 1.04 bits per heavy atom. The van der Waals surface area contributed by atoms with Gasteiger partial charge in [-0.15, -0.1) is 0 Å². The SMILES string of the molecule is CC/C=C\C/C=C\C/C=C\C/C=C\CCCCCCC(=O)OCC(COC1OC(C(=O)O)C(O)C(O)C1O)OC(=O)CCCCCCCCCCCCCCCC. The molecule has 6 unspecified atom stereocenters. The average molecular weight is 807 g/mol. The van der Waals surface area contributed by atoms with E-state index in [4.69, 9.17) is 18.9 Å². The number of carbonyl (C=O) groups excluding carboxylic acids is 2. The second-order valence-electron chi connectivity index (χ2n) is 15.2. The van der Waals surface area contributed by atoms with Crippen LogP contribution in [-0.2, 0) is 33.3 Å². The summed E-state index contributed by atoms with van der Waals surface area (Å²) >= 11 is 0. The number of carboxylic acid groups (broad SMARTS) is 1. The molecule has 0 radical (unpaired) electrons. The van der Waals surface area contributed by atoms with Crippen LogP contribution in [0.5, 0.6) is 0 Å². The molecule has 11 heteroatoms. The normalized spacial score (nSPS) is 20.6. The fourth-order valence-electron chi connectivity index (χ4n) is 6.46. The summed E-state index contributed by atoms with van der Waals surface area (Å²) in [4.78, 5) is 36.8. The first-order chi connectivity index (χ1) is 27.7. The van der Waals surface area contributed by atoms with Crippen LogP contribution >= 0.6 is 0 Å². The number of ether oxygens (including phenoxy) is 4. The average Bonchev–Trinajstić information content (AvgIpc) is 3.19. The monoisotopic (exact) mass is 807 g/mol. The third-order valence-electron chi connectivity index (χ3n) is 9.94. The maximum absolute atomic E-state index is 12.8. The van der Waals surface area contributed by atoms with E-state index in [9.17, 15) is 34.8 Å². The van der Waals surface area contributed by atoms with Crippen molar-refractivity contribution in [3.8, 4) is 0 Å². The summed E-state index contributed by atoms with van der Waals surface area (Å²) in [7, 11) is 0. The van der Waals surface area contributed by atoms with Gasteiger partial charge in [0.2, 0.25) is 0 Å². The lowest BCUT2D eigenvalue weighted by Gasteiger charge is -2.38. The van der Waals surface area contributed by atoms with Gasteiger partial charge in [-0.3, -0.25) is 9.59 Å². The lowest BCUT2D eigenvalue weighted by Crippen LogP contribution is -2.60. The molecule has 1 saturated heterocycles. The molecule has 328 valence electrons. The summed E-state index contributed by atoms with van der Waals surface area (Å²) in [5.74, 6) is -2.47. The molecule has 1 rings (SSSR count). The van der Waals surface area contributed by atoms with Gasteiger partial charge in [-0.2, -0.15) is 0 Å². The molecule has 0 saturated carbocycles. The predicted octanol–water partition coefficient (Wildman–Crippen LogP) is 9.37. The van der Waals surface area contributed by atoms with Crippen LogP contribution in [0, 0.1) is 0 Å². The Bertz CT molecular complexity index is 1130. The van der Waals surface area contributed by atoms with Gasteiger partial charge in [0.15, 0.2) is 18.5 Å². The van der Waals surface area contributed by atoms with E-state index in [1.54, 1.807) is 0 Å². The number of hydrogen-bond acceptors (Lipinski definition) is 10. The fraction of sp³-hybridized carbons (Fsp3) is 0.761. The van der Waals surface area contributed by atoms with E-state index in [1.165, 1.54) is 64.2 Å². The molecule has 0 aliphatic carbocycles. The second kappa shape index (κ2) is 36.3. The highest BCUT2D eigenvalue weighted by molar-refractivity contribution is 5.73. The number of unbranched alkanes of at least 4 members (excludes halogenated alkanes) is 17. The van der Waals surface area contributed by atoms with Crippen LogP contribution in [0.15, 0.2) is 48.6 Å². The molecule has 6 atom stereocenters. The summed E-state index contributed by atoms with van der Waals surface area (Å²) in [6.07, 6.45) is 33.0. The summed E-state index contributed by atoms with van der Waals surface area (Å²) < 4.78 is 21.7. The van der Waals surface area contributed by atoms with E-state index in [1.807, 2.05) is 0 Å². The Morgan fingerprint density at radius 1 is 0.561 bits per heavy atom. The van der Waals surface area contributed by atoms with E-state index in [-0.39, 0.29) is 19.4 Å². The first-order valence-corrected chi connectivity index (χ1v) is 22.2. The van der Waals surface area contributed by atoms with Crippen molar-refractivity contribution in [3.05, 3.63) is 48.6 Å². The van der Waals surface area contributed by atoms with Crippen LogP contribution in [0.25, 0.3) is 0 Å². The first kappa shape index (κ1) is 52.2. The van der Waals surface area contributed by atoms with Gasteiger partial charge >= 0.3 is 17.9 Å². The van der Waals surface area contributed by atoms with E-state index >= 15 is 0 Å². The highest BCUT2D eigenvalue weighted by Crippen LogP contribution is 2.23. The van der Waals surface area contributed by atoms with Crippen molar-refractivity contribution in [2.75, 3.05) is 13.2 Å². The van der Waals surface area contributed by atoms with Gasteiger partial charge in [0.05, 0.1) is 6.61 Å². The maximum Gasteiger partial charge on any atom is 0.335 e. The Labute approximate surface area is 344 Å². The van der Waals surface area contributed by atoms with E-state index in [0.29, 0.717) is 12.8 Å². The van der Waals surface area contributed by atoms with Crippen LogP contribution < -0.4 is 0 Å². The summed E-state index contributed by atoms with van der Waals surface area (Å²) in [5, 5.41) is 39.8. The summed E-state index contributed by atoms with van der Waals surface area (Å²) in [6, 6.07) is 0. The van der Waals surface area contributed by atoms with Crippen molar-refractivity contribution in [1.29, 1.82) is 0 Å². The smallest absolute Gasteiger partial charge is 0.335 e. The molecule has 1 aliphatic rings. The fourth-order valence-corrected chi connectivity index (χ4v) is 6.46. The molecule has 1 aliphatic heterocycles. The van der Waals surface area contributed by atoms with Gasteiger partial charge < -0.3 is 39.4 Å². The number of carboxylic acids is 1. The molecule has 4 N–H and O–H groups in total. The Hall–Kier alpha value is -2.83. The molecule has 0 aromatic heterocycles. The topological polar surface area (TPSA) is 169 Å². The van der Waals surface area contributed by atoms with Crippen LogP contribution in [0.4, 0.5) is 0 Å². The molecule has 1 heterocycles. The molecule has 0 amide bonds. The van der Waals surface area contributed by atoms with Crippen molar-refractivity contribution in [3.63, 3.8) is 0 Å². The van der Waals surface area contributed by atoms with Crippen LogP contribution in [0.3, 0.4) is 0 Å². The molecule has 0 spiro atoms. The van der Waals surface area contributed by atoms with Crippen molar-refractivity contribution >= 4 is 17.9 Å². The van der Waals surface area contributed by atoms with Gasteiger partial charge in [0, 0.05) is 12.8 Å². The summed E-state index contributed by atoms with van der Waals surface area (Å²) in [6.45, 7) is 3.67. The Kier molecular flexibility index (Phi) is 33.2. The predicted molar refractivity (Wildman–Crippen MR) is 224 cm³/mol. The van der Waals surface area contributed by atoms with E-state index in [2.05, 4.69) is 62.5 Å². The van der Waals surface area contributed by atoms with Gasteiger partial charge in [0.1, 0.15) is 24.9 Å². The lowest BCUT2D eigenvalue weighted by molar-refractivity contribution is -0.298. The minimum atomic E-state index is -1.86. The summed E-state index contributed by atoms with van der Waals surface area (Å²) in [5.41, 5.74) is 0. The minimum Gasteiger partial charge on any atom is -0.479 e. The van der Waals surface area contributed by atoms with Gasteiger partial charge in [0.25, 0.3) is 0 Å². The largest absolute Gasteiger partial charge is 0.479 e. The van der Waals surface area contributed by atoms with E-state index in [0.717, 1.165) is 70.6 Å². The number of aliphatic hydroxyl groups is 3. The van der Waals surface area contributed by atoms with Gasteiger partial charge in [-0.05, 0) is 51.4 Å². The molecule has 0 bridgehead atoms. The third-order valence-corrected chi connectivity index (χ3v) is 9.94. The molecule has 57 heavy (non-hydrogen) atoms. The highest BCUT2D eigenvalue weighted by atomic mass is 16.7. The minimum absolute atomic E-state index is 0.179. The number of esters is 2. The maximum atomic E-state index is 12.8. The van der Waals surface area contributed by atoms with Crippen molar-refractivity contribution in [2.24, 2.45) is 0 Å². The van der Waals surface area contributed by atoms with Gasteiger partial charge in [-0.25, -0.2) is 4.79 Å². The van der Waals surface area contributed by atoms with Gasteiger partial charge in [-0.1, -0.05) is 159 Å². The number of carbonyl (C=O) groups is 3. The van der Waals surface area contributed by atoms with Crippen molar-refractivity contribution < 1.29 is 53.8 Å². The van der Waals surface area contributed by atoms with Crippen LogP contribution in [-0.4, -0.2) is 88.4 Å². The Balaban J connectivity index is 2.39. The standard InChI is InChI=1S/C46H78O11/c1-3-5-7-9-11-13-15-17-19-20-21-23-24-26-28-30-32-34-39(47)54-36-38(37-55-46-43(51)41(49)42(50)44(57-46)45(52)53)56-40(48)35-33-31-29-27-25-22-18-16-14-12-10-8-6-4-2/h5,7,11,13,17,19,21,23,38,41-44,46,49-51H,3-4,6,8-10,12,14-16,18,20,22,24-37H2,1-2H3,(H,52,53)/b7-5-,13-11-,19-17-,23-21-. The lowest BCUT2D eigenvalue weighted by atomic mass is 9.99. The van der Waals surface area contributed by atoms with Crippen LogP contribution in [0.1, 0.15) is 174 Å². The number of aliphatic hydroxyl groups excluding tert-OH is 3. The second-order valence-corrected chi connectivity index (χ2v) is 15.2. The molecule has 11 nitrogen and oxygen atoms in total. The molecule has 0 aromatic carbocycles. The Morgan fingerprint density at radius 3 is 1.56 bits per heavy atom. The third kappa shape index (κ3) is 28.3. The number of rotatable bonds is 36. The number of allylic oxidation sites excluding steroid dienone is 8.